The quantitative estimate of drug-likeness (QED) is 0.491. The van der Waals surface area contributed by atoms with E-state index in [9.17, 15) is 4.79 Å². The molecule has 174 valence electrons. The molecule has 4 nitrogen and oxygen atoms in total. The van der Waals surface area contributed by atoms with Crippen LogP contribution in [-0.4, -0.2) is 37.0 Å². The summed E-state index contributed by atoms with van der Waals surface area (Å²) in [5, 5.41) is 0. The summed E-state index contributed by atoms with van der Waals surface area (Å²) in [7, 11) is 0. The molecule has 0 unspecified atom stereocenters. The number of benzene rings is 2. The molecule has 1 aliphatic rings. The normalized spacial score (nSPS) is 14.6. The molecule has 1 saturated heterocycles. The summed E-state index contributed by atoms with van der Waals surface area (Å²) in [6.07, 6.45) is 0.698. The lowest BCUT2D eigenvalue weighted by atomic mass is 9.85. The topological polar surface area (TPSA) is 36.7 Å². The van der Waals surface area contributed by atoms with Crippen LogP contribution in [-0.2, 0) is 11.8 Å². The minimum absolute atomic E-state index is 0.0115. The van der Waals surface area contributed by atoms with E-state index in [1.54, 1.807) is 0 Å². The average molecular weight is 445 g/mol. The maximum Gasteiger partial charge on any atom is 0.289 e. The van der Waals surface area contributed by atoms with Crippen molar-refractivity contribution in [3.05, 3.63) is 87.9 Å². The summed E-state index contributed by atoms with van der Waals surface area (Å²) in [6.45, 7) is 16.2. The van der Waals surface area contributed by atoms with E-state index in [-0.39, 0.29) is 11.3 Å². The molecule has 0 spiro atoms. The van der Waals surface area contributed by atoms with Gasteiger partial charge in [0.1, 0.15) is 5.76 Å². The Labute approximate surface area is 198 Å². The Hall–Kier alpha value is -3.01. The summed E-state index contributed by atoms with van der Waals surface area (Å²) < 4.78 is 6.03. The number of hydrogen-bond donors (Lipinski definition) is 0. The van der Waals surface area contributed by atoms with Crippen LogP contribution in [0.15, 0.2) is 52.9 Å². The van der Waals surface area contributed by atoms with Gasteiger partial charge in [-0.25, -0.2) is 0 Å². The monoisotopic (exact) mass is 444 g/mol. The fourth-order valence-electron chi connectivity index (χ4n) is 4.70. The maximum absolute atomic E-state index is 13.1. The molecule has 4 heteroatoms. The average Bonchev–Trinajstić information content (AvgIpc) is 3.23. The van der Waals surface area contributed by atoms with Gasteiger partial charge in [-0.2, -0.15) is 0 Å². The van der Waals surface area contributed by atoms with Crippen LogP contribution in [0, 0.1) is 20.8 Å². The van der Waals surface area contributed by atoms with E-state index >= 15 is 0 Å². The van der Waals surface area contributed by atoms with Crippen molar-refractivity contribution in [2.24, 2.45) is 0 Å². The number of nitrogens with zero attached hydrogens (tertiary/aromatic N) is 2. The van der Waals surface area contributed by atoms with Crippen molar-refractivity contribution in [2.45, 2.75) is 53.4 Å². The highest BCUT2D eigenvalue weighted by molar-refractivity contribution is 5.91. The second kappa shape index (κ2) is 9.09. The van der Waals surface area contributed by atoms with Crippen LogP contribution in [0.5, 0.6) is 0 Å². The zero-order valence-electron chi connectivity index (χ0n) is 20.9. The molecule has 1 amide bonds. The molecular formula is C29H36N2O2. The minimum atomic E-state index is -0.0115. The fourth-order valence-corrected chi connectivity index (χ4v) is 4.70. The molecule has 0 N–H and O–H groups in total. The number of furan rings is 1. The standard InChI is InChI=1S/C29H36N2O2/c1-20-10-11-24(29(4,5)6)18-23(20)19-25-12-13-26(33-25)28(32)31-16-14-30(15-17-31)27-21(2)8-7-9-22(27)3/h7-13,18H,14-17,19H2,1-6H3. The maximum atomic E-state index is 13.1. The van der Waals surface area contributed by atoms with E-state index in [1.807, 2.05) is 17.0 Å². The fraction of sp³-hybridized carbons (Fsp3) is 0.414. The molecule has 3 aromatic rings. The number of aryl methyl sites for hydroxylation is 3. The molecule has 1 fully saturated rings. The highest BCUT2D eigenvalue weighted by atomic mass is 16.4. The van der Waals surface area contributed by atoms with Gasteiger partial charge in [-0.05, 0) is 66.1 Å². The second-order valence-electron chi connectivity index (χ2n) is 10.4. The van der Waals surface area contributed by atoms with Crippen LogP contribution in [0.25, 0.3) is 0 Å². The van der Waals surface area contributed by atoms with Crippen molar-refractivity contribution in [1.29, 1.82) is 0 Å². The molecule has 0 saturated carbocycles. The largest absolute Gasteiger partial charge is 0.456 e. The van der Waals surface area contributed by atoms with Gasteiger partial charge in [-0.15, -0.1) is 0 Å². The SMILES string of the molecule is Cc1ccc(C(C)(C)C)cc1Cc1ccc(C(=O)N2CCN(c3c(C)cccc3C)CC2)o1. The lowest BCUT2D eigenvalue weighted by Crippen LogP contribution is -2.49. The van der Waals surface area contributed by atoms with Crippen LogP contribution in [0.4, 0.5) is 5.69 Å². The summed E-state index contributed by atoms with van der Waals surface area (Å²) in [5.41, 5.74) is 7.79. The van der Waals surface area contributed by atoms with E-state index in [4.69, 9.17) is 4.42 Å². The molecule has 0 radical (unpaired) electrons. The number of para-hydroxylation sites is 1. The lowest BCUT2D eigenvalue weighted by Gasteiger charge is -2.37. The van der Waals surface area contributed by atoms with E-state index in [2.05, 4.69) is 82.8 Å². The van der Waals surface area contributed by atoms with E-state index in [0.717, 1.165) is 18.8 Å². The Kier molecular flexibility index (Phi) is 6.38. The third-order valence-electron chi connectivity index (χ3n) is 6.77. The van der Waals surface area contributed by atoms with Crippen LogP contribution >= 0.6 is 0 Å². The van der Waals surface area contributed by atoms with Gasteiger partial charge in [0.25, 0.3) is 5.91 Å². The highest BCUT2D eigenvalue weighted by Gasteiger charge is 2.25. The third kappa shape index (κ3) is 5.00. The first-order valence-electron chi connectivity index (χ1n) is 11.9. The van der Waals surface area contributed by atoms with E-state index in [0.29, 0.717) is 25.3 Å². The first-order valence-corrected chi connectivity index (χ1v) is 11.9. The zero-order chi connectivity index (χ0) is 23.8. The van der Waals surface area contributed by atoms with Gasteiger partial charge in [-0.3, -0.25) is 4.79 Å². The van der Waals surface area contributed by atoms with Crippen molar-refractivity contribution in [2.75, 3.05) is 31.1 Å². The van der Waals surface area contributed by atoms with Crippen LogP contribution in [0.2, 0.25) is 0 Å². The van der Waals surface area contributed by atoms with E-state index < -0.39 is 0 Å². The number of carbonyl (C=O) groups excluding carboxylic acids is 1. The van der Waals surface area contributed by atoms with E-state index in [1.165, 1.54) is 33.5 Å². The molecule has 2 heterocycles. The first kappa shape index (κ1) is 23.2. The molecule has 1 aromatic heterocycles. The zero-order valence-corrected chi connectivity index (χ0v) is 20.9. The summed E-state index contributed by atoms with van der Waals surface area (Å²) >= 11 is 0. The number of piperazine rings is 1. The number of rotatable bonds is 4. The summed E-state index contributed by atoms with van der Waals surface area (Å²) in [5.74, 6) is 1.26. The van der Waals surface area contributed by atoms with Gasteiger partial charge < -0.3 is 14.2 Å². The van der Waals surface area contributed by atoms with Gasteiger partial charge in [0, 0.05) is 38.3 Å². The molecule has 4 rings (SSSR count). The molecule has 0 aliphatic carbocycles. The number of anilines is 1. The van der Waals surface area contributed by atoms with Gasteiger partial charge in [0.15, 0.2) is 5.76 Å². The summed E-state index contributed by atoms with van der Waals surface area (Å²) in [4.78, 5) is 17.4. The Morgan fingerprint density at radius 3 is 2.18 bits per heavy atom. The Bertz CT molecular complexity index is 1120. The molecule has 2 aromatic carbocycles. The van der Waals surface area contributed by atoms with Gasteiger partial charge >= 0.3 is 0 Å². The Balaban J connectivity index is 1.42. The van der Waals surface area contributed by atoms with Crippen molar-refractivity contribution in [1.82, 2.24) is 4.90 Å². The second-order valence-corrected chi connectivity index (χ2v) is 10.4. The minimum Gasteiger partial charge on any atom is -0.456 e. The molecule has 0 bridgehead atoms. The number of hydrogen-bond acceptors (Lipinski definition) is 3. The van der Waals surface area contributed by atoms with Crippen molar-refractivity contribution in [3.8, 4) is 0 Å². The van der Waals surface area contributed by atoms with Crippen molar-refractivity contribution in [3.63, 3.8) is 0 Å². The first-order chi connectivity index (χ1) is 15.6. The van der Waals surface area contributed by atoms with Gasteiger partial charge in [0.05, 0.1) is 0 Å². The third-order valence-corrected chi connectivity index (χ3v) is 6.77. The van der Waals surface area contributed by atoms with Crippen LogP contribution in [0.1, 0.15) is 64.9 Å². The predicted octanol–water partition coefficient (Wildman–Crippen LogP) is 6.06. The number of carbonyl (C=O) groups is 1. The summed E-state index contributed by atoms with van der Waals surface area (Å²) in [6, 6.07) is 16.8. The smallest absolute Gasteiger partial charge is 0.289 e. The molecule has 1 aliphatic heterocycles. The Morgan fingerprint density at radius 1 is 0.879 bits per heavy atom. The van der Waals surface area contributed by atoms with Crippen LogP contribution < -0.4 is 4.90 Å². The van der Waals surface area contributed by atoms with Gasteiger partial charge in [0.2, 0.25) is 0 Å². The highest BCUT2D eigenvalue weighted by Crippen LogP contribution is 2.28. The van der Waals surface area contributed by atoms with Crippen molar-refractivity contribution >= 4 is 11.6 Å². The number of amides is 1. The predicted molar refractivity (Wildman–Crippen MR) is 135 cm³/mol. The Morgan fingerprint density at radius 2 is 1.55 bits per heavy atom. The lowest BCUT2D eigenvalue weighted by molar-refractivity contribution is 0.0713. The van der Waals surface area contributed by atoms with Crippen LogP contribution in [0.3, 0.4) is 0 Å². The van der Waals surface area contributed by atoms with Gasteiger partial charge in [-0.1, -0.05) is 57.2 Å². The molecule has 33 heavy (non-hydrogen) atoms. The molecular weight excluding hydrogens is 408 g/mol. The molecule has 0 atom stereocenters. The van der Waals surface area contributed by atoms with Crippen molar-refractivity contribution < 1.29 is 9.21 Å².